The number of carboxylic acid groups (broad SMARTS) is 1. The quantitative estimate of drug-likeness (QED) is 0.0417. The minimum absolute atomic E-state index is 0.0546. The second-order valence-electron chi connectivity index (χ2n) is 35.5. The van der Waals surface area contributed by atoms with E-state index in [0.717, 1.165) is 90.0 Å². The van der Waals surface area contributed by atoms with Crippen molar-refractivity contribution in [1.29, 1.82) is 0 Å². The lowest BCUT2D eigenvalue weighted by atomic mass is 9.88. The molecule has 0 saturated carbocycles. The molecule has 0 unspecified atom stereocenters. The highest BCUT2D eigenvalue weighted by atomic mass is 16.8. The fraction of sp³-hybridized carbons (Fsp3) is 0.856. The van der Waals surface area contributed by atoms with Crippen molar-refractivity contribution in [2.24, 2.45) is 5.92 Å². The molecular weight excluding hydrogens is 1680 g/mol. The van der Waals surface area contributed by atoms with Gasteiger partial charge in [0, 0.05) is 52.8 Å². The van der Waals surface area contributed by atoms with Gasteiger partial charge in [-0.25, -0.2) is 9.59 Å². The number of hydrogen-bond acceptors (Lipinski definition) is 31. The van der Waals surface area contributed by atoms with Gasteiger partial charge in [0.05, 0.1) is 38.6 Å². The Hall–Kier alpha value is -5.61. The topological polar surface area (TPSA) is 579 Å². The Bertz CT molecular complexity index is 3290. The Kier molecular flexibility index (Phi) is 52.0. The minimum atomic E-state index is -3.29. The minimum Gasteiger partial charge on any atom is -0.477 e. The molecule has 0 radical (unpaired) electrons. The van der Waals surface area contributed by atoms with Gasteiger partial charge in [0.15, 0.2) is 25.1 Å². The Morgan fingerprint density at radius 3 is 1.55 bits per heavy atom. The molecule has 38 heteroatoms. The summed E-state index contributed by atoms with van der Waals surface area (Å²) in [6, 6.07) is 3.08. The molecule has 738 valence electrons. The summed E-state index contributed by atoms with van der Waals surface area (Å²) < 4.78 is 59.9. The summed E-state index contributed by atoms with van der Waals surface area (Å²) in [6.07, 6.45) is -12.7. The van der Waals surface area contributed by atoms with Gasteiger partial charge in [0.2, 0.25) is 29.5 Å². The first-order valence-electron chi connectivity index (χ1n) is 47.1. The molecule has 5 saturated heterocycles. The Labute approximate surface area is 753 Å². The zero-order valence-corrected chi connectivity index (χ0v) is 76.0. The van der Waals surface area contributed by atoms with Crippen molar-refractivity contribution in [3.05, 3.63) is 35.9 Å². The van der Waals surface area contributed by atoms with E-state index in [0.29, 0.717) is 51.4 Å². The molecule has 27 atom stereocenters. The van der Waals surface area contributed by atoms with Crippen molar-refractivity contribution in [1.82, 2.24) is 31.5 Å². The number of nitrogens with zero attached hydrogens (tertiary/aromatic N) is 1. The third-order valence-corrected chi connectivity index (χ3v) is 24.5. The molecule has 6 amide bonds. The average molecular weight is 1830 g/mol. The summed E-state index contributed by atoms with van der Waals surface area (Å²) in [5, 5.41) is 181. The molecule has 0 bridgehead atoms. The van der Waals surface area contributed by atoms with Crippen LogP contribution in [-0.4, -0.2) is 334 Å². The number of aliphatic hydroxyl groups is 14. The van der Waals surface area contributed by atoms with Crippen LogP contribution in [0.3, 0.4) is 0 Å². The summed E-state index contributed by atoms with van der Waals surface area (Å²) in [5.74, 6) is -8.45. The van der Waals surface area contributed by atoms with Crippen LogP contribution in [0.4, 0.5) is 4.79 Å². The van der Waals surface area contributed by atoms with Crippen molar-refractivity contribution < 1.29 is 158 Å². The summed E-state index contributed by atoms with van der Waals surface area (Å²) in [4.78, 5) is 96.5. The summed E-state index contributed by atoms with van der Waals surface area (Å²) in [5.41, 5.74) is 0.734. The maximum Gasteiger partial charge on any atom is 0.408 e. The van der Waals surface area contributed by atoms with E-state index in [9.17, 15) is 110 Å². The summed E-state index contributed by atoms with van der Waals surface area (Å²) in [6.45, 7) is 5.82. The van der Waals surface area contributed by atoms with Gasteiger partial charge in [-0.05, 0) is 43.6 Å². The SMILES string of the molecule is CCCCCCCCCCCCCCCCCCN(C(=O)CCCCCCCCCCC)[C@@H]1O[C@H](CNC(=O)CCCCCCCCO[C@@H]2O[C@H](CO)[C@@H](O[C@@H]3O[C@H](CO)[C@H](O[C@@H]4O[C@H](CO)[C@H](O)[C@H](O)[C@H]4NC(C)=O)[C@H](O[C@]4(C(=O)O)C[C@H](O)[C@@H](NC(C)=O)[C@H]([C@H](O)[C@H](O)CO)O4)[C@H]3O)[C@H](O)[C@H]2O)[C@@H](O)[C@H](O)[C@H]1NC(=O)[C@H](CC(C)C)NC(=O)OCc1ccccc1. The number of carboxylic acids is 1. The normalized spacial score (nSPS) is 30.4. The number of aliphatic carboxylic acids is 1. The second kappa shape index (κ2) is 59.9. The van der Waals surface area contributed by atoms with E-state index in [-0.39, 0.29) is 63.3 Å². The van der Waals surface area contributed by atoms with Crippen LogP contribution >= 0.6 is 0 Å². The highest BCUT2D eigenvalue weighted by molar-refractivity contribution is 5.86. The molecule has 128 heavy (non-hydrogen) atoms. The van der Waals surface area contributed by atoms with Gasteiger partial charge in [-0.15, -0.1) is 0 Å². The van der Waals surface area contributed by atoms with Gasteiger partial charge < -0.3 is 155 Å². The largest absolute Gasteiger partial charge is 0.477 e. The van der Waals surface area contributed by atoms with Crippen LogP contribution in [0.2, 0.25) is 0 Å². The zero-order valence-electron chi connectivity index (χ0n) is 76.0. The lowest BCUT2D eigenvalue weighted by molar-refractivity contribution is -0.400. The first-order valence-corrected chi connectivity index (χ1v) is 47.1. The van der Waals surface area contributed by atoms with Crippen LogP contribution in [0, 0.1) is 5.92 Å². The number of carbonyl (C=O) groups is 7. The number of aliphatic hydroxyl groups excluding tert-OH is 14. The van der Waals surface area contributed by atoms with Gasteiger partial charge >= 0.3 is 12.1 Å². The van der Waals surface area contributed by atoms with E-state index in [4.69, 9.17) is 47.4 Å². The van der Waals surface area contributed by atoms with Crippen molar-refractivity contribution in [3.8, 4) is 0 Å². The summed E-state index contributed by atoms with van der Waals surface area (Å²) >= 11 is 0. The molecule has 1 aromatic carbocycles. The highest BCUT2D eigenvalue weighted by Crippen LogP contribution is 2.41. The number of nitrogens with one attached hydrogen (secondary N) is 5. The van der Waals surface area contributed by atoms with Crippen molar-refractivity contribution in [2.75, 3.05) is 46.1 Å². The fourth-order valence-electron chi connectivity index (χ4n) is 17.1. The van der Waals surface area contributed by atoms with E-state index in [1.165, 1.54) is 77.0 Å². The maximum atomic E-state index is 14.8. The molecule has 0 aromatic heterocycles. The molecule has 5 aliphatic rings. The van der Waals surface area contributed by atoms with Crippen LogP contribution < -0.4 is 26.6 Å². The van der Waals surface area contributed by atoms with E-state index >= 15 is 0 Å². The van der Waals surface area contributed by atoms with E-state index < -0.39 is 228 Å². The second-order valence-corrected chi connectivity index (χ2v) is 35.5. The average Bonchev–Trinajstić information content (AvgIpc) is 0.751. The van der Waals surface area contributed by atoms with E-state index in [2.05, 4.69) is 40.4 Å². The Morgan fingerprint density at radius 1 is 0.516 bits per heavy atom. The number of carbonyl (C=O) groups excluding carboxylic acids is 6. The molecular formula is C90H156N6O32. The fourth-order valence-corrected chi connectivity index (χ4v) is 17.1. The van der Waals surface area contributed by atoms with Crippen LogP contribution in [0.15, 0.2) is 30.3 Å². The van der Waals surface area contributed by atoms with Crippen molar-refractivity contribution in [2.45, 2.75) is 438 Å². The number of amides is 6. The van der Waals surface area contributed by atoms with E-state index in [1.807, 2.05) is 32.0 Å². The Balaban J connectivity index is 1.07. The Morgan fingerprint density at radius 2 is 1.01 bits per heavy atom. The molecule has 20 N–H and O–H groups in total. The lowest BCUT2D eigenvalue weighted by Crippen LogP contribution is -2.72. The molecule has 5 heterocycles. The van der Waals surface area contributed by atoms with Gasteiger partial charge in [-0.3, -0.25) is 24.0 Å². The third-order valence-electron chi connectivity index (χ3n) is 24.5. The van der Waals surface area contributed by atoms with Crippen molar-refractivity contribution >= 4 is 41.6 Å². The molecule has 5 aliphatic heterocycles. The smallest absolute Gasteiger partial charge is 0.408 e. The maximum absolute atomic E-state index is 14.8. The van der Waals surface area contributed by atoms with Gasteiger partial charge in [-0.2, -0.15) is 0 Å². The van der Waals surface area contributed by atoms with Crippen LogP contribution in [0.25, 0.3) is 0 Å². The zero-order chi connectivity index (χ0) is 93.8. The number of ether oxygens (including phenoxy) is 10. The number of rotatable bonds is 62. The monoisotopic (exact) mass is 1830 g/mol. The van der Waals surface area contributed by atoms with Crippen LogP contribution in [0.5, 0.6) is 0 Å². The molecule has 0 aliphatic carbocycles. The third kappa shape index (κ3) is 36.0. The molecule has 5 fully saturated rings. The molecule has 1 aromatic rings. The predicted molar refractivity (Wildman–Crippen MR) is 462 cm³/mol. The van der Waals surface area contributed by atoms with Gasteiger partial charge in [0.1, 0.15) is 128 Å². The first-order chi connectivity index (χ1) is 61.4. The summed E-state index contributed by atoms with van der Waals surface area (Å²) in [7, 11) is 0. The molecule has 6 rings (SSSR count). The standard InChI is InChI=1S/C90H156N6O32/c1-7-9-11-13-15-17-18-19-20-21-22-23-25-28-32-39-45-96(67(106)44-38-31-26-24-16-14-12-10-8-2)84-69(95-83(115)59(47-55(3)4)94-89(118)120-54-58-41-35-34-36-42-58)74(110)72(108)62(121-84)49-91-66(105)43-37-30-27-29-33-40-46-119-86-77(113)76(112)79(64(52-99)123-86)125-87-78(114)82(80(65(53-100)124-87)126-85-70(93-57(6)102)75(111)73(109)63(51-98)122-85)128-90(88(116)117)48-60(103)68(92-56(5)101)81(127-90)71(107)61(104)50-97/h34-36,41-42,55,59-65,68-82,84-87,97-100,103-104,107-114H,7-33,37-40,43-54H2,1-6H3,(H,91,105)(H,92,101)(H,93,102)(H,94,118)(H,95,115)(H,116,117)/t59-,60-,61+,62+,63+,64+,65+,68+,69+,70+,71+,72+,73-,74+,75+,76+,77+,78+,79+,80-,81+,82+,84+,85-,86+,87-,90-/m0/s1. The first kappa shape index (κ1) is 111. The number of alkyl carbamates (subject to hydrolysis) is 1. The number of unbranched alkanes of at least 4 members (excludes halogenated alkanes) is 28. The molecule has 0 spiro atoms. The number of benzene rings is 1. The van der Waals surface area contributed by atoms with Gasteiger partial charge in [0.25, 0.3) is 5.79 Å². The predicted octanol–water partition coefficient (Wildman–Crippen LogP) is 2.90. The van der Waals surface area contributed by atoms with Crippen molar-refractivity contribution in [3.63, 3.8) is 0 Å². The lowest BCUT2D eigenvalue weighted by Gasteiger charge is -2.52. The number of hydrogen-bond donors (Lipinski definition) is 20. The molecule has 38 nitrogen and oxygen atoms in total. The van der Waals surface area contributed by atoms with E-state index in [1.54, 1.807) is 17.0 Å². The van der Waals surface area contributed by atoms with Crippen LogP contribution in [-0.2, 0) is 82.7 Å². The van der Waals surface area contributed by atoms with Gasteiger partial charge in [-0.1, -0.05) is 231 Å². The van der Waals surface area contributed by atoms with Crippen LogP contribution in [0.1, 0.15) is 272 Å². The highest BCUT2D eigenvalue weighted by Gasteiger charge is 2.62.